The number of primary amides is 1. The fraction of sp³-hybridized carbons (Fsp3) is 0.360. The van der Waals surface area contributed by atoms with Gasteiger partial charge in [0.2, 0.25) is 5.91 Å². The van der Waals surface area contributed by atoms with E-state index in [0.29, 0.717) is 22.8 Å². The third-order valence-corrected chi connectivity index (χ3v) is 6.54. The molecule has 11 heteroatoms. The fourth-order valence-electron chi connectivity index (χ4n) is 4.52. The molecule has 0 saturated carbocycles. The van der Waals surface area contributed by atoms with Gasteiger partial charge in [0.1, 0.15) is 11.4 Å². The maximum atomic E-state index is 12.5. The molecule has 1 fully saturated rings. The summed E-state index contributed by atoms with van der Waals surface area (Å²) in [5.41, 5.74) is 8.04. The van der Waals surface area contributed by atoms with Crippen molar-refractivity contribution in [2.75, 3.05) is 32.6 Å². The van der Waals surface area contributed by atoms with Crippen molar-refractivity contribution in [3.8, 4) is 11.8 Å². The average Bonchev–Trinajstić information content (AvgIpc) is 3.59. The third kappa shape index (κ3) is 4.55. The molecule has 3 heterocycles. The number of nitrogens with zero attached hydrogens (tertiary/aromatic N) is 5. The molecular weight excluding hydrogens is 482 g/mol. The van der Waals surface area contributed by atoms with E-state index in [0.717, 1.165) is 23.7 Å². The number of hydrogen-bond donors (Lipinski definition) is 2. The van der Waals surface area contributed by atoms with Crippen molar-refractivity contribution in [1.82, 2.24) is 24.2 Å². The molecule has 1 aliphatic rings. The van der Waals surface area contributed by atoms with Crippen LogP contribution in [0.5, 0.6) is 0 Å². The molecule has 2 atom stereocenters. The Kier molecular flexibility index (Phi) is 6.22. The molecule has 10 nitrogen and oxygen atoms in total. The summed E-state index contributed by atoms with van der Waals surface area (Å²) in [5, 5.41) is 7.96. The monoisotopic (exact) mass is 512 g/mol. The van der Waals surface area contributed by atoms with Crippen LogP contribution in [0.3, 0.4) is 0 Å². The average molecular weight is 513 g/mol. The molecule has 1 saturated heterocycles. The van der Waals surface area contributed by atoms with Gasteiger partial charge in [-0.2, -0.15) is 5.10 Å². The van der Waals surface area contributed by atoms with Gasteiger partial charge in [0.05, 0.1) is 45.2 Å². The number of aryl methyl sites for hydroxylation is 1. The lowest BCUT2D eigenvalue weighted by Crippen LogP contribution is -2.37. The van der Waals surface area contributed by atoms with Gasteiger partial charge in [0, 0.05) is 32.7 Å². The lowest BCUT2D eigenvalue weighted by molar-refractivity contribution is -0.127. The van der Waals surface area contributed by atoms with Crippen molar-refractivity contribution in [1.29, 1.82) is 0 Å². The van der Waals surface area contributed by atoms with Crippen LogP contribution >= 0.6 is 11.6 Å². The highest BCUT2D eigenvalue weighted by atomic mass is 35.5. The van der Waals surface area contributed by atoms with Gasteiger partial charge in [0.15, 0.2) is 5.69 Å². The van der Waals surface area contributed by atoms with Crippen LogP contribution < -0.4 is 11.1 Å². The van der Waals surface area contributed by atoms with Crippen molar-refractivity contribution < 1.29 is 18.4 Å². The number of nitrogens with two attached hydrogens (primary N) is 1. The number of imidazole rings is 1. The Morgan fingerprint density at radius 3 is 2.92 bits per heavy atom. The number of likely N-dealkylation sites (tertiary alicyclic amines) is 1. The smallest absolute Gasteiger partial charge is 0.255 e. The molecule has 0 bridgehead atoms. The number of ether oxygens (including phenoxy) is 1. The highest BCUT2D eigenvalue weighted by Crippen LogP contribution is 2.32. The van der Waals surface area contributed by atoms with E-state index in [1.165, 1.54) is 4.90 Å². The van der Waals surface area contributed by atoms with Crippen molar-refractivity contribution in [3.05, 3.63) is 53.0 Å². The van der Waals surface area contributed by atoms with Crippen molar-refractivity contribution in [2.24, 2.45) is 5.73 Å². The second-order valence-electron chi connectivity index (χ2n) is 8.28. The molecule has 1 aliphatic heterocycles. The van der Waals surface area contributed by atoms with E-state index in [-0.39, 0.29) is 30.3 Å². The van der Waals surface area contributed by atoms with E-state index < -0.39 is 25.0 Å². The highest BCUT2D eigenvalue weighted by molar-refractivity contribution is 6.32. The molecule has 2 aromatic heterocycles. The molecule has 1 aromatic carbocycles. The second kappa shape index (κ2) is 10.4. The molecular formula is C25H28ClN7O3. The van der Waals surface area contributed by atoms with Gasteiger partial charge >= 0.3 is 0 Å². The quantitative estimate of drug-likeness (QED) is 0.370. The van der Waals surface area contributed by atoms with Crippen LogP contribution in [0.2, 0.25) is 5.02 Å². The second-order valence-corrected chi connectivity index (χ2v) is 8.69. The summed E-state index contributed by atoms with van der Waals surface area (Å²) < 4.78 is 30.5. The summed E-state index contributed by atoms with van der Waals surface area (Å²) in [7, 11) is -0.994. The fourth-order valence-corrected chi connectivity index (χ4v) is 4.73. The van der Waals surface area contributed by atoms with Crippen molar-refractivity contribution in [3.63, 3.8) is 0 Å². The topological polar surface area (TPSA) is 120 Å². The molecule has 188 valence electrons. The number of fused-ring (bicyclic) bond motifs is 1. The SMILES string of the molecule is [2H]C([2H])([2H])OC[C@H]1C[C@H](n2nc(C#Cc3cc4ncn(CC)c4cc3Cl)c(C(N)=O)c2NC)CN1C(=O)C=C. The largest absolute Gasteiger partial charge is 0.383 e. The minimum absolute atomic E-state index is 0.0845. The first-order valence-electron chi connectivity index (χ1n) is 12.8. The lowest BCUT2D eigenvalue weighted by atomic mass is 10.1. The molecule has 36 heavy (non-hydrogen) atoms. The molecule has 0 unspecified atom stereocenters. The maximum absolute atomic E-state index is 12.5. The zero-order valence-corrected chi connectivity index (χ0v) is 20.7. The number of carbonyl (C=O) groups excluding carboxylic acids is 2. The number of halogens is 1. The number of anilines is 1. The van der Waals surface area contributed by atoms with E-state index in [1.807, 2.05) is 11.5 Å². The number of hydrogen-bond acceptors (Lipinski definition) is 6. The number of nitrogens with one attached hydrogen (secondary N) is 1. The molecule has 0 aliphatic carbocycles. The van der Waals surface area contributed by atoms with Gasteiger partial charge in [0.25, 0.3) is 5.91 Å². The van der Waals surface area contributed by atoms with Gasteiger partial charge in [-0.1, -0.05) is 24.1 Å². The number of aromatic nitrogens is 4. The first-order chi connectivity index (χ1) is 18.5. The van der Waals surface area contributed by atoms with Crippen LogP contribution in [-0.2, 0) is 16.1 Å². The Hall–Kier alpha value is -3.81. The van der Waals surface area contributed by atoms with Gasteiger partial charge in [-0.25, -0.2) is 9.67 Å². The van der Waals surface area contributed by atoms with Gasteiger partial charge < -0.3 is 25.3 Å². The molecule has 0 spiro atoms. The predicted octanol–water partition coefficient (Wildman–Crippen LogP) is 2.42. The van der Waals surface area contributed by atoms with Crippen molar-refractivity contribution >= 4 is 40.3 Å². The zero-order valence-electron chi connectivity index (χ0n) is 22.9. The molecule has 3 aromatic rings. The van der Waals surface area contributed by atoms with Crippen LogP contribution in [0, 0.1) is 11.8 Å². The summed E-state index contributed by atoms with van der Waals surface area (Å²) in [6.45, 7) is 6.26. The predicted molar refractivity (Wildman–Crippen MR) is 138 cm³/mol. The molecule has 0 radical (unpaired) electrons. The number of methoxy groups -OCH3 is 1. The van der Waals surface area contributed by atoms with Crippen LogP contribution in [0.25, 0.3) is 11.0 Å². The zero-order chi connectivity index (χ0) is 28.5. The van der Waals surface area contributed by atoms with E-state index in [2.05, 4.69) is 33.8 Å². The minimum Gasteiger partial charge on any atom is -0.383 e. The van der Waals surface area contributed by atoms with E-state index in [4.69, 9.17) is 26.2 Å². The van der Waals surface area contributed by atoms with E-state index in [9.17, 15) is 9.59 Å². The Morgan fingerprint density at radius 1 is 1.44 bits per heavy atom. The van der Waals surface area contributed by atoms with Crippen LogP contribution in [-0.4, -0.2) is 69.3 Å². The highest BCUT2D eigenvalue weighted by Gasteiger charge is 2.37. The van der Waals surface area contributed by atoms with E-state index >= 15 is 0 Å². The number of benzene rings is 1. The molecule has 3 N–H and O–H groups in total. The lowest BCUT2D eigenvalue weighted by Gasteiger charge is -2.22. The first kappa shape index (κ1) is 21.5. The Morgan fingerprint density at radius 2 is 2.25 bits per heavy atom. The Balaban J connectivity index is 1.72. The Labute approximate surface area is 218 Å². The van der Waals surface area contributed by atoms with E-state index in [1.54, 1.807) is 30.2 Å². The van der Waals surface area contributed by atoms with Gasteiger partial charge in [-0.05, 0) is 37.5 Å². The normalized spacial score (nSPS) is 18.8. The number of carbonyl (C=O) groups is 2. The summed E-state index contributed by atoms with van der Waals surface area (Å²) in [6.07, 6.45) is 3.20. The minimum atomic E-state index is -2.61. The van der Waals surface area contributed by atoms with Crippen LogP contribution in [0.15, 0.2) is 31.1 Å². The van der Waals surface area contributed by atoms with Crippen LogP contribution in [0.1, 0.15) is 45.1 Å². The standard InChI is InChI=1S/C25H28ClN7O3/c1-5-22(34)32-12-16(10-17(32)13-36-4)33-25(28-3)23(24(27)35)19(30-33)8-7-15-9-20-21(11-18(15)26)31(6-2)14-29-20/h5,9,11,14,16-17,28H,1,6,10,12-13H2,2-4H3,(H2,27,35)/t16-,17+/m0/s1/i4D3. The summed E-state index contributed by atoms with van der Waals surface area (Å²) in [6, 6.07) is 2.58. The van der Waals surface area contributed by atoms with Gasteiger partial charge in [-0.15, -0.1) is 0 Å². The number of amides is 2. The van der Waals surface area contributed by atoms with Crippen molar-refractivity contribution in [2.45, 2.75) is 32.0 Å². The maximum Gasteiger partial charge on any atom is 0.255 e. The number of rotatable bonds is 7. The molecule has 2 amide bonds. The first-order valence-corrected chi connectivity index (χ1v) is 11.7. The Bertz CT molecular complexity index is 1500. The summed E-state index contributed by atoms with van der Waals surface area (Å²) in [5.74, 6) is 5.11. The summed E-state index contributed by atoms with van der Waals surface area (Å²) in [4.78, 5) is 30.9. The third-order valence-electron chi connectivity index (χ3n) is 6.23. The van der Waals surface area contributed by atoms with Crippen LogP contribution in [0.4, 0.5) is 5.82 Å². The molecule has 4 rings (SSSR count). The summed E-state index contributed by atoms with van der Waals surface area (Å²) >= 11 is 6.49. The van der Waals surface area contributed by atoms with Gasteiger partial charge in [-0.3, -0.25) is 9.59 Å².